The molecular weight excluding hydrogens is 383 g/mol. The van der Waals surface area contributed by atoms with Crippen LogP contribution in [0.15, 0.2) is 60.7 Å². The van der Waals surface area contributed by atoms with Gasteiger partial charge in [0.2, 0.25) is 11.8 Å². The molecule has 3 aliphatic rings. The molecule has 2 amide bonds. The van der Waals surface area contributed by atoms with Gasteiger partial charge in [0.15, 0.2) is 0 Å². The first kappa shape index (κ1) is 19.0. The summed E-state index contributed by atoms with van der Waals surface area (Å²) in [6.45, 7) is 2.59. The predicted molar refractivity (Wildman–Crippen MR) is 110 cm³/mol. The van der Waals surface area contributed by atoms with Crippen LogP contribution in [0.25, 0.3) is 0 Å². The van der Waals surface area contributed by atoms with E-state index >= 15 is 0 Å². The number of amides is 2. The zero-order valence-electron chi connectivity index (χ0n) is 16.9. The second-order valence-corrected chi connectivity index (χ2v) is 8.44. The lowest BCUT2D eigenvalue weighted by Crippen LogP contribution is -2.44. The number of halogens is 1. The Morgan fingerprint density at radius 1 is 1.27 bits per heavy atom. The Morgan fingerprint density at radius 3 is 2.77 bits per heavy atom. The molecule has 2 aromatic carbocycles. The number of hydrogen-bond acceptors (Lipinski definition) is 3. The molecule has 0 radical (unpaired) electrons. The fourth-order valence-electron chi connectivity index (χ4n) is 5.10. The molecule has 30 heavy (non-hydrogen) atoms. The Bertz CT molecular complexity index is 1050. The number of rotatable bonds is 4. The van der Waals surface area contributed by atoms with Crippen LogP contribution in [-0.4, -0.2) is 42.0 Å². The molecule has 3 heterocycles. The predicted octanol–water partition coefficient (Wildman–Crippen LogP) is 3.08. The van der Waals surface area contributed by atoms with Gasteiger partial charge in [-0.3, -0.25) is 9.59 Å². The van der Waals surface area contributed by atoms with E-state index in [0.717, 1.165) is 5.56 Å². The van der Waals surface area contributed by atoms with Gasteiger partial charge in [-0.25, -0.2) is 4.39 Å². The maximum absolute atomic E-state index is 13.6. The van der Waals surface area contributed by atoms with Crippen LogP contribution in [0.1, 0.15) is 11.1 Å². The minimum absolute atomic E-state index is 0.0916. The van der Waals surface area contributed by atoms with Gasteiger partial charge in [0, 0.05) is 19.3 Å². The topological polar surface area (TPSA) is 49.9 Å². The van der Waals surface area contributed by atoms with Crippen molar-refractivity contribution in [3.63, 3.8) is 0 Å². The minimum Gasteiger partial charge on any atom is -0.360 e. The molecule has 4 atom stereocenters. The van der Waals surface area contributed by atoms with Crippen molar-refractivity contribution in [2.24, 2.45) is 11.8 Å². The van der Waals surface area contributed by atoms with Crippen LogP contribution in [0.3, 0.4) is 0 Å². The second-order valence-electron chi connectivity index (χ2n) is 8.44. The molecule has 6 heteroatoms. The Hall–Kier alpha value is -2.99. The van der Waals surface area contributed by atoms with Crippen LogP contribution in [0.5, 0.6) is 0 Å². The Labute approximate surface area is 174 Å². The summed E-state index contributed by atoms with van der Waals surface area (Å²) < 4.78 is 19.8. The van der Waals surface area contributed by atoms with Gasteiger partial charge in [0.1, 0.15) is 11.4 Å². The van der Waals surface area contributed by atoms with Crippen molar-refractivity contribution < 1.29 is 18.7 Å². The highest BCUT2D eigenvalue weighted by Crippen LogP contribution is 2.53. The first-order valence-electron chi connectivity index (χ1n) is 10.1. The van der Waals surface area contributed by atoms with E-state index in [4.69, 9.17) is 4.74 Å². The van der Waals surface area contributed by atoms with Gasteiger partial charge in [-0.2, -0.15) is 0 Å². The number of carbonyl (C=O) groups is 2. The average Bonchev–Trinajstić information content (AvgIpc) is 3.36. The van der Waals surface area contributed by atoms with Gasteiger partial charge in [-0.1, -0.05) is 42.5 Å². The second kappa shape index (κ2) is 6.77. The van der Waals surface area contributed by atoms with Crippen molar-refractivity contribution in [3.05, 3.63) is 77.6 Å². The summed E-state index contributed by atoms with van der Waals surface area (Å²) in [4.78, 5) is 30.1. The molecule has 2 saturated heterocycles. The molecule has 1 spiro atoms. The molecule has 0 N–H and O–H groups in total. The maximum atomic E-state index is 13.6. The Kier molecular flexibility index (Phi) is 4.29. The molecule has 5 nitrogen and oxygen atoms in total. The van der Waals surface area contributed by atoms with Crippen LogP contribution in [0.4, 0.5) is 10.1 Å². The lowest BCUT2D eigenvalue weighted by Gasteiger charge is -2.28. The minimum atomic E-state index is -0.795. The van der Waals surface area contributed by atoms with Gasteiger partial charge in [0.25, 0.3) is 0 Å². The lowest BCUT2D eigenvalue weighted by molar-refractivity contribution is -0.139. The quantitative estimate of drug-likeness (QED) is 0.734. The summed E-state index contributed by atoms with van der Waals surface area (Å²) in [5.74, 6) is -1.69. The molecule has 0 aliphatic carbocycles. The van der Waals surface area contributed by atoms with Crippen LogP contribution < -0.4 is 4.90 Å². The smallest absolute Gasteiger partial charge is 0.234 e. The molecule has 2 fully saturated rings. The molecule has 2 unspecified atom stereocenters. The fraction of sp³-hybridized carbons (Fsp3) is 0.333. The molecule has 154 valence electrons. The largest absolute Gasteiger partial charge is 0.360 e. The highest BCUT2D eigenvalue weighted by Gasteiger charge is 2.67. The number of benzene rings is 2. The van der Waals surface area contributed by atoms with Crippen LogP contribution in [0.2, 0.25) is 0 Å². The van der Waals surface area contributed by atoms with Gasteiger partial charge in [-0.15, -0.1) is 0 Å². The van der Waals surface area contributed by atoms with Gasteiger partial charge < -0.3 is 14.5 Å². The van der Waals surface area contributed by atoms with E-state index in [0.29, 0.717) is 24.3 Å². The van der Waals surface area contributed by atoms with E-state index in [1.165, 1.54) is 12.1 Å². The molecule has 2 bridgehead atoms. The third-order valence-corrected chi connectivity index (χ3v) is 6.47. The summed E-state index contributed by atoms with van der Waals surface area (Å²) in [6.07, 6.45) is 3.45. The number of nitrogens with zero attached hydrogens (tertiary/aromatic N) is 2. The standard InChI is InChI=1S/C24H23FN2O3/c1-15-12-17(25)8-9-18(15)27-14-24-11-10-19(30-24)20(21(24)23(27)29)22(28)26(2)13-16-6-4-3-5-7-16/h3-12,19-21H,13-14H2,1-2H3/t19-,20?,21?,24-/m0/s1. The number of aryl methyl sites for hydroxylation is 1. The third kappa shape index (κ3) is 2.78. The number of hydrogen-bond donors (Lipinski definition) is 0. The zero-order valence-corrected chi connectivity index (χ0v) is 16.9. The van der Waals surface area contributed by atoms with E-state index < -0.39 is 17.4 Å². The van der Waals surface area contributed by atoms with Crippen LogP contribution in [0, 0.1) is 24.6 Å². The number of ether oxygens (including phenoxy) is 1. The summed E-state index contributed by atoms with van der Waals surface area (Å²) in [7, 11) is 1.76. The third-order valence-electron chi connectivity index (χ3n) is 6.47. The van der Waals surface area contributed by atoms with Gasteiger partial charge >= 0.3 is 0 Å². The fourth-order valence-corrected chi connectivity index (χ4v) is 5.10. The zero-order chi connectivity index (χ0) is 21.0. The average molecular weight is 406 g/mol. The SMILES string of the molecule is Cc1cc(F)ccc1N1C[C@]23C=C[C@H](O2)C(C(=O)N(C)Cc2ccccc2)C3C1=O. The summed E-state index contributed by atoms with van der Waals surface area (Å²) in [6, 6.07) is 14.2. The Balaban J connectivity index is 1.43. The van der Waals surface area contributed by atoms with Crippen molar-refractivity contribution in [2.45, 2.75) is 25.2 Å². The first-order valence-corrected chi connectivity index (χ1v) is 10.1. The maximum Gasteiger partial charge on any atom is 0.234 e. The molecule has 5 rings (SSSR count). The van der Waals surface area contributed by atoms with Crippen molar-refractivity contribution in [3.8, 4) is 0 Å². The molecule has 2 aromatic rings. The first-order chi connectivity index (χ1) is 14.4. The van der Waals surface area contributed by atoms with E-state index in [9.17, 15) is 14.0 Å². The summed E-state index contributed by atoms with van der Waals surface area (Å²) >= 11 is 0. The van der Waals surface area contributed by atoms with E-state index in [1.807, 2.05) is 42.5 Å². The van der Waals surface area contributed by atoms with Crippen molar-refractivity contribution in [2.75, 3.05) is 18.5 Å². The summed E-state index contributed by atoms with van der Waals surface area (Å²) in [5.41, 5.74) is 1.58. The number of carbonyl (C=O) groups excluding carboxylic acids is 2. The number of anilines is 1. The van der Waals surface area contributed by atoms with Crippen LogP contribution >= 0.6 is 0 Å². The lowest BCUT2D eigenvalue weighted by atomic mass is 9.76. The Morgan fingerprint density at radius 2 is 2.03 bits per heavy atom. The highest BCUT2D eigenvalue weighted by atomic mass is 19.1. The normalized spacial score (nSPS) is 28.8. The van der Waals surface area contributed by atoms with Crippen molar-refractivity contribution in [1.29, 1.82) is 0 Å². The van der Waals surface area contributed by atoms with E-state index in [2.05, 4.69) is 0 Å². The van der Waals surface area contributed by atoms with Gasteiger partial charge in [0.05, 0.1) is 24.5 Å². The van der Waals surface area contributed by atoms with Crippen LogP contribution in [-0.2, 0) is 20.9 Å². The van der Waals surface area contributed by atoms with Crippen molar-refractivity contribution >= 4 is 17.5 Å². The van der Waals surface area contributed by atoms with E-state index in [1.54, 1.807) is 29.8 Å². The molecular formula is C24H23FN2O3. The highest BCUT2D eigenvalue weighted by molar-refractivity contribution is 6.03. The van der Waals surface area contributed by atoms with Gasteiger partial charge in [-0.05, 0) is 36.2 Å². The molecule has 3 aliphatic heterocycles. The van der Waals surface area contributed by atoms with E-state index in [-0.39, 0.29) is 23.7 Å². The summed E-state index contributed by atoms with van der Waals surface area (Å²) in [5, 5.41) is 0. The number of fused-ring (bicyclic) bond motifs is 1. The van der Waals surface area contributed by atoms with Crippen molar-refractivity contribution in [1.82, 2.24) is 4.90 Å². The molecule has 0 saturated carbocycles. The monoisotopic (exact) mass is 406 g/mol. The molecule has 0 aromatic heterocycles.